The quantitative estimate of drug-likeness (QED) is 0.0760. The van der Waals surface area contributed by atoms with Crippen molar-refractivity contribution in [2.75, 3.05) is 0 Å². The standard InChI is InChI=1S/C36H33NO2S/c1-27-16-20-33(21-17-27)39-36(38-32-14-7-4-8-15-32)26-35(37-31-13-9-10-28(2)24-31)40-34-22-18-30(19-23-34)25-29-11-5-3-6-12-29/h3-24,36H,25-26H2,1-2H3. The number of benzene rings is 5. The second-order valence-electron chi connectivity index (χ2n) is 9.75. The predicted octanol–water partition coefficient (Wildman–Crippen LogP) is 9.59. The first-order valence-corrected chi connectivity index (χ1v) is 14.3. The van der Waals surface area contributed by atoms with Crippen molar-refractivity contribution in [3.05, 3.63) is 156 Å². The first kappa shape index (κ1) is 27.3. The third-order valence-electron chi connectivity index (χ3n) is 6.31. The Bertz CT molecular complexity index is 1520. The van der Waals surface area contributed by atoms with Crippen LogP contribution in [0, 0.1) is 13.8 Å². The van der Waals surface area contributed by atoms with E-state index in [4.69, 9.17) is 14.5 Å². The Labute approximate surface area is 241 Å². The minimum atomic E-state index is -0.557. The summed E-state index contributed by atoms with van der Waals surface area (Å²) in [4.78, 5) is 6.18. The molecule has 0 bridgehead atoms. The van der Waals surface area contributed by atoms with Crippen LogP contribution in [-0.4, -0.2) is 11.3 Å². The molecule has 40 heavy (non-hydrogen) atoms. The van der Waals surface area contributed by atoms with Crippen LogP contribution in [0.25, 0.3) is 0 Å². The second kappa shape index (κ2) is 13.7. The van der Waals surface area contributed by atoms with Gasteiger partial charge in [-0.05, 0) is 85.5 Å². The molecule has 1 unspecified atom stereocenters. The minimum absolute atomic E-state index is 0.479. The fraction of sp³-hybridized carbons (Fsp3) is 0.139. The number of nitrogens with zero attached hydrogens (tertiary/aromatic N) is 1. The van der Waals surface area contributed by atoms with E-state index >= 15 is 0 Å². The van der Waals surface area contributed by atoms with E-state index in [0.29, 0.717) is 6.42 Å². The molecule has 0 spiro atoms. The Morgan fingerprint density at radius 2 is 1.25 bits per heavy atom. The van der Waals surface area contributed by atoms with Gasteiger partial charge in [-0.3, -0.25) is 0 Å². The molecule has 0 saturated heterocycles. The molecule has 0 aliphatic rings. The number of thioether (sulfide) groups is 1. The van der Waals surface area contributed by atoms with Crippen molar-refractivity contribution in [2.24, 2.45) is 4.99 Å². The third-order valence-corrected chi connectivity index (χ3v) is 7.31. The van der Waals surface area contributed by atoms with Crippen LogP contribution >= 0.6 is 11.8 Å². The zero-order valence-electron chi connectivity index (χ0n) is 22.9. The number of rotatable bonds is 10. The molecule has 0 aromatic heterocycles. The molecule has 0 amide bonds. The molecule has 0 N–H and O–H groups in total. The highest BCUT2D eigenvalue weighted by Crippen LogP contribution is 2.28. The van der Waals surface area contributed by atoms with Crippen molar-refractivity contribution < 1.29 is 9.47 Å². The lowest BCUT2D eigenvalue weighted by atomic mass is 10.1. The van der Waals surface area contributed by atoms with E-state index in [-0.39, 0.29) is 0 Å². The molecular formula is C36H33NO2S. The van der Waals surface area contributed by atoms with Gasteiger partial charge in [-0.1, -0.05) is 102 Å². The first-order chi connectivity index (χ1) is 19.6. The minimum Gasteiger partial charge on any atom is -0.454 e. The van der Waals surface area contributed by atoms with Crippen LogP contribution in [0.3, 0.4) is 0 Å². The summed E-state index contributed by atoms with van der Waals surface area (Å²) in [7, 11) is 0. The van der Waals surface area contributed by atoms with Gasteiger partial charge >= 0.3 is 0 Å². The number of aryl methyl sites for hydroxylation is 2. The largest absolute Gasteiger partial charge is 0.454 e. The lowest BCUT2D eigenvalue weighted by Crippen LogP contribution is -2.26. The highest BCUT2D eigenvalue weighted by molar-refractivity contribution is 8.14. The molecule has 3 nitrogen and oxygen atoms in total. The maximum atomic E-state index is 6.37. The average molecular weight is 544 g/mol. The van der Waals surface area contributed by atoms with Crippen LogP contribution in [0.1, 0.15) is 28.7 Å². The summed E-state index contributed by atoms with van der Waals surface area (Å²) in [6, 6.07) is 45.4. The zero-order valence-corrected chi connectivity index (χ0v) is 23.7. The van der Waals surface area contributed by atoms with E-state index < -0.39 is 6.29 Å². The van der Waals surface area contributed by atoms with Gasteiger partial charge in [-0.2, -0.15) is 0 Å². The van der Waals surface area contributed by atoms with Crippen molar-refractivity contribution in [3.8, 4) is 11.5 Å². The fourth-order valence-corrected chi connectivity index (χ4v) is 5.18. The molecule has 4 heteroatoms. The van der Waals surface area contributed by atoms with Gasteiger partial charge in [0.2, 0.25) is 6.29 Å². The van der Waals surface area contributed by atoms with Crippen LogP contribution < -0.4 is 9.47 Å². The monoisotopic (exact) mass is 543 g/mol. The van der Waals surface area contributed by atoms with Crippen molar-refractivity contribution in [1.29, 1.82) is 0 Å². The summed E-state index contributed by atoms with van der Waals surface area (Å²) < 4.78 is 12.7. The lowest BCUT2D eigenvalue weighted by molar-refractivity contribution is 0.0129. The van der Waals surface area contributed by atoms with Gasteiger partial charge in [-0.25, -0.2) is 4.99 Å². The summed E-state index contributed by atoms with van der Waals surface area (Å²) in [5, 5.41) is 0.912. The van der Waals surface area contributed by atoms with Crippen LogP contribution in [0.2, 0.25) is 0 Å². The number of ether oxygens (including phenoxy) is 2. The van der Waals surface area contributed by atoms with Gasteiger partial charge < -0.3 is 9.47 Å². The van der Waals surface area contributed by atoms with Crippen molar-refractivity contribution in [1.82, 2.24) is 0 Å². The molecule has 1 atom stereocenters. The van der Waals surface area contributed by atoms with E-state index in [0.717, 1.165) is 33.5 Å². The second-order valence-corrected chi connectivity index (χ2v) is 10.9. The lowest BCUT2D eigenvalue weighted by Gasteiger charge is -2.21. The van der Waals surface area contributed by atoms with Gasteiger partial charge in [0.05, 0.1) is 17.2 Å². The van der Waals surface area contributed by atoms with Crippen molar-refractivity contribution in [2.45, 2.75) is 37.9 Å². The highest BCUT2D eigenvalue weighted by Gasteiger charge is 2.18. The molecule has 0 heterocycles. The zero-order chi connectivity index (χ0) is 27.6. The average Bonchev–Trinajstić information content (AvgIpc) is 2.96. The first-order valence-electron chi connectivity index (χ1n) is 13.5. The summed E-state index contributed by atoms with van der Waals surface area (Å²) in [5.41, 5.74) is 5.85. The fourth-order valence-electron chi connectivity index (χ4n) is 4.26. The molecule has 0 saturated carbocycles. The Hall–Kier alpha value is -4.28. The molecule has 200 valence electrons. The summed E-state index contributed by atoms with van der Waals surface area (Å²) >= 11 is 1.65. The summed E-state index contributed by atoms with van der Waals surface area (Å²) in [6.07, 6.45) is 0.833. The maximum Gasteiger partial charge on any atom is 0.247 e. The molecule has 0 radical (unpaired) electrons. The van der Waals surface area contributed by atoms with E-state index in [9.17, 15) is 0 Å². The molecule has 0 fully saturated rings. The van der Waals surface area contributed by atoms with Crippen LogP contribution in [0.4, 0.5) is 5.69 Å². The Balaban J connectivity index is 1.40. The van der Waals surface area contributed by atoms with Crippen molar-refractivity contribution >= 4 is 22.5 Å². The smallest absolute Gasteiger partial charge is 0.247 e. The number of hydrogen-bond acceptors (Lipinski definition) is 4. The number of hydrogen-bond donors (Lipinski definition) is 0. The van der Waals surface area contributed by atoms with E-state index in [2.05, 4.69) is 80.6 Å². The van der Waals surface area contributed by atoms with Crippen LogP contribution in [0.15, 0.2) is 143 Å². The highest BCUT2D eigenvalue weighted by atomic mass is 32.2. The van der Waals surface area contributed by atoms with Crippen molar-refractivity contribution in [3.63, 3.8) is 0 Å². The van der Waals surface area contributed by atoms with Gasteiger partial charge in [0.1, 0.15) is 11.5 Å². The molecule has 0 aliphatic carbocycles. The van der Waals surface area contributed by atoms with E-state index in [1.165, 1.54) is 22.3 Å². The molecular weight excluding hydrogens is 510 g/mol. The van der Waals surface area contributed by atoms with Gasteiger partial charge in [0.15, 0.2) is 0 Å². The van der Waals surface area contributed by atoms with Gasteiger partial charge in [0, 0.05) is 4.90 Å². The van der Waals surface area contributed by atoms with Crippen LogP contribution in [0.5, 0.6) is 11.5 Å². The van der Waals surface area contributed by atoms with Gasteiger partial charge in [-0.15, -0.1) is 0 Å². The topological polar surface area (TPSA) is 30.8 Å². The molecule has 5 aromatic rings. The maximum absolute atomic E-state index is 6.37. The molecule has 5 rings (SSSR count). The Morgan fingerprint density at radius 3 is 1.93 bits per heavy atom. The Kier molecular flexibility index (Phi) is 9.33. The molecule has 5 aromatic carbocycles. The molecule has 0 aliphatic heterocycles. The Morgan fingerprint density at radius 1 is 0.625 bits per heavy atom. The number of aliphatic imine (C=N–C) groups is 1. The predicted molar refractivity (Wildman–Crippen MR) is 167 cm³/mol. The van der Waals surface area contributed by atoms with E-state index in [1.54, 1.807) is 11.8 Å². The normalized spacial score (nSPS) is 12.1. The third kappa shape index (κ3) is 8.36. The number of para-hydroxylation sites is 1. The van der Waals surface area contributed by atoms with Crippen LogP contribution in [-0.2, 0) is 6.42 Å². The van der Waals surface area contributed by atoms with Gasteiger partial charge in [0.25, 0.3) is 0 Å². The summed E-state index contributed by atoms with van der Waals surface area (Å²) in [5.74, 6) is 1.52. The van der Waals surface area contributed by atoms with E-state index in [1.807, 2.05) is 66.7 Å². The summed E-state index contributed by atoms with van der Waals surface area (Å²) in [6.45, 7) is 4.15. The SMILES string of the molecule is Cc1ccc(OC(CC(=Nc2cccc(C)c2)Sc2ccc(Cc3ccccc3)cc2)Oc2ccccc2)cc1.